The third kappa shape index (κ3) is 3.65. The predicted octanol–water partition coefficient (Wildman–Crippen LogP) is 3.28. The van der Waals surface area contributed by atoms with Gasteiger partial charge in [0.05, 0.1) is 10.2 Å². The highest BCUT2D eigenvalue weighted by Crippen LogP contribution is 2.27. The van der Waals surface area contributed by atoms with Crippen LogP contribution in [0.5, 0.6) is 0 Å². The Kier molecular flexibility index (Phi) is 5.39. The van der Waals surface area contributed by atoms with Gasteiger partial charge in [-0.1, -0.05) is 19.8 Å². The van der Waals surface area contributed by atoms with Gasteiger partial charge in [-0.05, 0) is 35.0 Å². The number of nitrogens with two attached hydrogens (primary N) is 1. The monoisotopic (exact) mass is 289 g/mol. The van der Waals surface area contributed by atoms with Gasteiger partial charge in [-0.2, -0.15) is 0 Å². The third-order valence-corrected chi connectivity index (χ3v) is 3.90. The Morgan fingerprint density at radius 1 is 1.33 bits per heavy atom. The topological polar surface area (TPSA) is 51.8 Å². The summed E-state index contributed by atoms with van der Waals surface area (Å²) >= 11 is 5.11. The number of aromatic nitrogens is 2. The van der Waals surface area contributed by atoms with E-state index < -0.39 is 0 Å². The zero-order valence-electron chi connectivity index (χ0n) is 9.09. The lowest BCUT2D eigenvalue weighted by Gasteiger charge is -2.07. The van der Waals surface area contributed by atoms with Gasteiger partial charge in [0.1, 0.15) is 5.03 Å². The van der Waals surface area contributed by atoms with Gasteiger partial charge < -0.3 is 5.73 Å². The molecule has 0 saturated heterocycles. The Morgan fingerprint density at radius 2 is 2.07 bits per heavy atom. The van der Waals surface area contributed by atoms with Gasteiger partial charge in [0, 0.05) is 0 Å². The fraction of sp³-hybridized carbons (Fsp3) is 0.600. The molecule has 0 spiro atoms. The van der Waals surface area contributed by atoms with Crippen LogP contribution in [0.2, 0.25) is 0 Å². The summed E-state index contributed by atoms with van der Waals surface area (Å²) in [6.07, 6.45) is 6.55. The molecule has 0 fully saturated rings. The highest BCUT2D eigenvalue weighted by Gasteiger charge is 2.09. The molecule has 1 rings (SSSR count). The first-order valence-electron chi connectivity index (χ1n) is 5.05. The van der Waals surface area contributed by atoms with Gasteiger partial charge in [0.2, 0.25) is 5.95 Å². The van der Waals surface area contributed by atoms with Crippen LogP contribution < -0.4 is 5.73 Å². The fourth-order valence-corrected chi connectivity index (χ4v) is 2.68. The van der Waals surface area contributed by atoms with Gasteiger partial charge in [-0.15, -0.1) is 11.8 Å². The highest BCUT2D eigenvalue weighted by atomic mass is 79.9. The van der Waals surface area contributed by atoms with Crippen molar-refractivity contribution >= 4 is 33.6 Å². The Hall–Kier alpha value is -0.290. The average Bonchev–Trinajstić information content (AvgIpc) is 2.23. The van der Waals surface area contributed by atoms with Crippen LogP contribution in [0.3, 0.4) is 0 Å². The number of thioether (sulfide) groups is 1. The molecule has 0 amide bonds. The first kappa shape index (κ1) is 12.8. The van der Waals surface area contributed by atoms with Crippen molar-refractivity contribution in [3.63, 3.8) is 0 Å². The van der Waals surface area contributed by atoms with Crippen LogP contribution in [0.25, 0.3) is 0 Å². The first-order valence-corrected chi connectivity index (χ1v) is 7.06. The van der Waals surface area contributed by atoms with E-state index in [4.69, 9.17) is 5.73 Å². The highest BCUT2D eigenvalue weighted by molar-refractivity contribution is 9.10. The number of halogens is 1. The molecule has 0 aliphatic rings. The fourth-order valence-electron chi connectivity index (χ4n) is 1.33. The zero-order chi connectivity index (χ0) is 11.3. The van der Waals surface area contributed by atoms with E-state index in [1.165, 1.54) is 12.8 Å². The minimum atomic E-state index is 0.369. The number of hydrogen-bond acceptors (Lipinski definition) is 4. The van der Waals surface area contributed by atoms with E-state index >= 15 is 0 Å². The molecule has 0 saturated carbocycles. The standard InChI is InChI=1S/C10H16BrN3S/c1-3-4-5-6-7-8(11)9(15-2)14-10(12)13-7/h3-6H2,1-2H3,(H2,12,13,14). The van der Waals surface area contributed by atoms with Crippen LogP contribution in [0.4, 0.5) is 5.95 Å². The lowest BCUT2D eigenvalue weighted by Crippen LogP contribution is -2.02. The largest absolute Gasteiger partial charge is 0.368 e. The number of nitrogen functional groups attached to an aromatic ring is 1. The molecule has 0 aliphatic carbocycles. The number of rotatable bonds is 5. The Labute approximate surface area is 103 Å². The van der Waals surface area contributed by atoms with E-state index in [0.29, 0.717) is 5.95 Å². The maximum atomic E-state index is 5.65. The van der Waals surface area contributed by atoms with Crippen molar-refractivity contribution in [2.45, 2.75) is 37.6 Å². The maximum absolute atomic E-state index is 5.65. The second kappa shape index (κ2) is 6.33. The lowest BCUT2D eigenvalue weighted by molar-refractivity contribution is 0.701. The van der Waals surface area contributed by atoms with E-state index in [-0.39, 0.29) is 0 Å². The lowest BCUT2D eigenvalue weighted by atomic mass is 10.1. The Morgan fingerprint density at radius 3 is 2.67 bits per heavy atom. The van der Waals surface area contributed by atoms with Gasteiger partial charge in [0.25, 0.3) is 0 Å². The number of nitrogens with zero attached hydrogens (tertiary/aromatic N) is 2. The molecule has 84 valence electrons. The van der Waals surface area contributed by atoms with Crippen molar-refractivity contribution in [3.05, 3.63) is 10.2 Å². The predicted molar refractivity (Wildman–Crippen MR) is 69.2 cm³/mol. The van der Waals surface area contributed by atoms with Gasteiger partial charge in [-0.25, -0.2) is 9.97 Å². The molecule has 0 unspecified atom stereocenters. The molecule has 3 nitrogen and oxygen atoms in total. The maximum Gasteiger partial charge on any atom is 0.221 e. The molecule has 5 heteroatoms. The molecule has 0 atom stereocenters. The summed E-state index contributed by atoms with van der Waals surface area (Å²) in [5.41, 5.74) is 6.68. The molecule has 1 heterocycles. The van der Waals surface area contributed by atoms with Crippen molar-refractivity contribution in [1.82, 2.24) is 9.97 Å². The van der Waals surface area contributed by atoms with Crippen molar-refractivity contribution in [3.8, 4) is 0 Å². The quantitative estimate of drug-likeness (QED) is 0.513. The minimum absolute atomic E-state index is 0.369. The molecular formula is C10H16BrN3S. The van der Waals surface area contributed by atoms with Gasteiger partial charge in [-0.3, -0.25) is 0 Å². The molecule has 15 heavy (non-hydrogen) atoms. The minimum Gasteiger partial charge on any atom is -0.368 e. The summed E-state index contributed by atoms with van der Waals surface area (Å²) in [7, 11) is 0. The van der Waals surface area contributed by atoms with E-state index in [1.54, 1.807) is 11.8 Å². The molecule has 2 N–H and O–H groups in total. The number of anilines is 1. The second-order valence-electron chi connectivity index (χ2n) is 3.31. The normalized spacial score (nSPS) is 10.6. The van der Waals surface area contributed by atoms with E-state index in [9.17, 15) is 0 Å². The van der Waals surface area contributed by atoms with Crippen LogP contribution in [0.1, 0.15) is 31.9 Å². The van der Waals surface area contributed by atoms with Crippen LogP contribution in [0.15, 0.2) is 9.50 Å². The summed E-state index contributed by atoms with van der Waals surface area (Å²) in [5.74, 6) is 0.369. The van der Waals surface area contributed by atoms with Crippen molar-refractivity contribution in [2.75, 3.05) is 12.0 Å². The molecule has 0 aromatic carbocycles. The molecule has 1 aromatic rings. The van der Waals surface area contributed by atoms with Crippen molar-refractivity contribution in [2.24, 2.45) is 0 Å². The van der Waals surface area contributed by atoms with E-state index in [1.807, 2.05) is 6.26 Å². The van der Waals surface area contributed by atoms with E-state index in [2.05, 4.69) is 32.8 Å². The van der Waals surface area contributed by atoms with Crippen LogP contribution in [-0.4, -0.2) is 16.2 Å². The SMILES string of the molecule is CCCCCc1nc(N)nc(SC)c1Br. The third-order valence-electron chi connectivity index (χ3n) is 2.12. The smallest absolute Gasteiger partial charge is 0.221 e. The average molecular weight is 290 g/mol. The molecule has 0 aliphatic heterocycles. The number of unbranched alkanes of at least 4 members (excludes halogenated alkanes) is 2. The summed E-state index contributed by atoms with van der Waals surface area (Å²) in [4.78, 5) is 8.42. The number of hydrogen-bond donors (Lipinski definition) is 1. The number of aryl methyl sites for hydroxylation is 1. The van der Waals surface area contributed by atoms with E-state index in [0.717, 1.165) is 28.0 Å². The summed E-state index contributed by atoms with van der Waals surface area (Å²) < 4.78 is 1.00. The first-order chi connectivity index (χ1) is 7.19. The molecule has 1 aromatic heterocycles. The van der Waals surface area contributed by atoms with Gasteiger partial charge in [0.15, 0.2) is 0 Å². The van der Waals surface area contributed by atoms with Crippen molar-refractivity contribution < 1.29 is 0 Å². The van der Waals surface area contributed by atoms with Gasteiger partial charge >= 0.3 is 0 Å². The van der Waals surface area contributed by atoms with Crippen LogP contribution in [-0.2, 0) is 6.42 Å². The molecule has 0 radical (unpaired) electrons. The molecular weight excluding hydrogens is 274 g/mol. The zero-order valence-corrected chi connectivity index (χ0v) is 11.5. The Balaban J connectivity index is 2.81. The van der Waals surface area contributed by atoms with Crippen LogP contribution in [0, 0.1) is 0 Å². The summed E-state index contributed by atoms with van der Waals surface area (Å²) in [6, 6.07) is 0. The summed E-state index contributed by atoms with van der Waals surface area (Å²) in [5, 5.41) is 0.925. The Bertz CT molecular complexity index is 331. The van der Waals surface area contributed by atoms with Crippen molar-refractivity contribution in [1.29, 1.82) is 0 Å². The second-order valence-corrected chi connectivity index (χ2v) is 4.90. The van der Waals surface area contributed by atoms with Crippen LogP contribution >= 0.6 is 27.7 Å². The molecule has 0 bridgehead atoms. The summed E-state index contributed by atoms with van der Waals surface area (Å²) in [6.45, 7) is 2.19.